The van der Waals surface area contributed by atoms with E-state index in [-0.39, 0.29) is 4.90 Å². The second-order valence-corrected chi connectivity index (χ2v) is 7.12. The maximum atomic E-state index is 12.5. The van der Waals surface area contributed by atoms with E-state index in [9.17, 15) is 8.42 Å². The zero-order valence-corrected chi connectivity index (χ0v) is 12.9. The van der Waals surface area contributed by atoms with Gasteiger partial charge in [-0.3, -0.25) is 4.72 Å². The standard InChI is InChI=1S/C17H16N2O2S/c18-12-13-4-3-7-16(10-13)19-22(20,21)17-9-8-14-5-1-2-6-15(14)11-17/h3-4,7-11,19H,1-2,5-6H2. The molecule has 0 heterocycles. The molecule has 0 amide bonds. The molecule has 0 spiro atoms. The minimum atomic E-state index is -3.63. The van der Waals surface area contributed by atoms with Crippen molar-refractivity contribution in [2.24, 2.45) is 0 Å². The molecule has 1 N–H and O–H groups in total. The Bertz CT molecular complexity index is 851. The van der Waals surface area contributed by atoms with E-state index in [4.69, 9.17) is 5.26 Å². The first kappa shape index (κ1) is 14.6. The predicted molar refractivity (Wildman–Crippen MR) is 85.0 cm³/mol. The van der Waals surface area contributed by atoms with Crippen LogP contribution < -0.4 is 4.72 Å². The smallest absolute Gasteiger partial charge is 0.261 e. The van der Waals surface area contributed by atoms with Crippen LogP contribution in [0.3, 0.4) is 0 Å². The van der Waals surface area contributed by atoms with Crippen molar-refractivity contribution in [3.63, 3.8) is 0 Å². The van der Waals surface area contributed by atoms with E-state index in [0.29, 0.717) is 11.3 Å². The predicted octanol–water partition coefficient (Wildman–Crippen LogP) is 3.24. The number of hydrogen-bond donors (Lipinski definition) is 1. The third-order valence-electron chi connectivity index (χ3n) is 3.87. The van der Waals surface area contributed by atoms with Gasteiger partial charge in [0.15, 0.2) is 0 Å². The second-order valence-electron chi connectivity index (χ2n) is 5.44. The molecule has 0 unspecified atom stereocenters. The lowest BCUT2D eigenvalue weighted by molar-refractivity contribution is 0.600. The first-order valence-electron chi connectivity index (χ1n) is 7.23. The largest absolute Gasteiger partial charge is 0.280 e. The van der Waals surface area contributed by atoms with Crippen molar-refractivity contribution in [2.75, 3.05) is 4.72 Å². The van der Waals surface area contributed by atoms with Gasteiger partial charge in [0.2, 0.25) is 0 Å². The van der Waals surface area contributed by atoms with E-state index in [1.54, 1.807) is 30.3 Å². The van der Waals surface area contributed by atoms with Gasteiger partial charge in [-0.05, 0) is 67.1 Å². The topological polar surface area (TPSA) is 70.0 Å². The highest BCUT2D eigenvalue weighted by Gasteiger charge is 2.18. The van der Waals surface area contributed by atoms with Gasteiger partial charge in [0.1, 0.15) is 0 Å². The summed E-state index contributed by atoms with van der Waals surface area (Å²) < 4.78 is 27.5. The normalized spacial score (nSPS) is 14.0. The van der Waals surface area contributed by atoms with E-state index in [1.165, 1.54) is 11.6 Å². The summed E-state index contributed by atoms with van der Waals surface area (Å²) in [6, 6.07) is 13.8. The zero-order valence-electron chi connectivity index (χ0n) is 12.0. The van der Waals surface area contributed by atoms with Crippen LogP contribution in [-0.2, 0) is 22.9 Å². The maximum Gasteiger partial charge on any atom is 0.261 e. The molecule has 2 aromatic rings. The monoisotopic (exact) mass is 312 g/mol. The molecule has 1 aliphatic rings. The molecule has 22 heavy (non-hydrogen) atoms. The van der Waals surface area contributed by atoms with Crippen LogP contribution in [0.25, 0.3) is 0 Å². The summed E-state index contributed by atoms with van der Waals surface area (Å²) in [7, 11) is -3.63. The Morgan fingerprint density at radius 2 is 1.77 bits per heavy atom. The quantitative estimate of drug-likeness (QED) is 0.946. The van der Waals surface area contributed by atoms with Crippen LogP contribution >= 0.6 is 0 Å². The first-order valence-corrected chi connectivity index (χ1v) is 8.71. The third-order valence-corrected chi connectivity index (χ3v) is 5.25. The molecule has 3 rings (SSSR count). The van der Waals surface area contributed by atoms with Gasteiger partial charge in [-0.15, -0.1) is 0 Å². The molecule has 1 aliphatic carbocycles. The molecular formula is C17H16N2O2S. The third kappa shape index (κ3) is 2.97. The zero-order chi connectivity index (χ0) is 15.6. The molecule has 0 saturated heterocycles. The fourth-order valence-corrected chi connectivity index (χ4v) is 3.84. The van der Waals surface area contributed by atoms with Crippen LogP contribution in [0.2, 0.25) is 0 Å². The highest BCUT2D eigenvalue weighted by atomic mass is 32.2. The number of sulfonamides is 1. The minimum Gasteiger partial charge on any atom is -0.280 e. The van der Waals surface area contributed by atoms with Gasteiger partial charge in [0.25, 0.3) is 10.0 Å². The maximum absolute atomic E-state index is 12.5. The van der Waals surface area contributed by atoms with Gasteiger partial charge < -0.3 is 0 Å². The number of nitrogens with one attached hydrogen (secondary N) is 1. The summed E-state index contributed by atoms with van der Waals surface area (Å²) in [6.45, 7) is 0. The van der Waals surface area contributed by atoms with Crippen LogP contribution in [0.1, 0.15) is 29.5 Å². The van der Waals surface area contributed by atoms with E-state index in [2.05, 4.69) is 4.72 Å². The molecule has 5 heteroatoms. The average molecular weight is 312 g/mol. The lowest BCUT2D eigenvalue weighted by Gasteiger charge is -2.17. The Kier molecular flexibility index (Phi) is 3.86. The molecule has 0 bridgehead atoms. The molecule has 0 fully saturated rings. The van der Waals surface area contributed by atoms with Gasteiger partial charge in [-0.25, -0.2) is 8.42 Å². The molecule has 0 radical (unpaired) electrons. The van der Waals surface area contributed by atoms with Gasteiger partial charge >= 0.3 is 0 Å². The number of fused-ring (bicyclic) bond motifs is 1. The van der Waals surface area contributed by atoms with Crippen molar-refractivity contribution in [3.8, 4) is 6.07 Å². The van der Waals surface area contributed by atoms with Crippen molar-refractivity contribution in [1.82, 2.24) is 0 Å². The minimum absolute atomic E-state index is 0.274. The van der Waals surface area contributed by atoms with Gasteiger partial charge in [-0.2, -0.15) is 5.26 Å². The van der Waals surface area contributed by atoms with E-state index in [1.807, 2.05) is 12.1 Å². The fourth-order valence-electron chi connectivity index (χ4n) is 2.74. The molecule has 2 aromatic carbocycles. The Balaban J connectivity index is 1.91. The Morgan fingerprint density at radius 3 is 2.55 bits per heavy atom. The van der Waals surface area contributed by atoms with Crippen molar-refractivity contribution in [3.05, 3.63) is 59.2 Å². The Labute approximate surface area is 130 Å². The summed E-state index contributed by atoms with van der Waals surface area (Å²) >= 11 is 0. The first-order chi connectivity index (χ1) is 10.6. The Morgan fingerprint density at radius 1 is 1.00 bits per heavy atom. The van der Waals surface area contributed by atoms with E-state index < -0.39 is 10.0 Å². The lowest BCUT2D eigenvalue weighted by Crippen LogP contribution is -2.14. The SMILES string of the molecule is N#Cc1cccc(NS(=O)(=O)c2ccc3c(c2)CCCC3)c1. The Hall–Kier alpha value is -2.32. The van der Waals surface area contributed by atoms with E-state index >= 15 is 0 Å². The van der Waals surface area contributed by atoms with E-state index in [0.717, 1.165) is 31.2 Å². The lowest BCUT2D eigenvalue weighted by atomic mass is 9.92. The molecule has 0 atom stereocenters. The summed E-state index contributed by atoms with van der Waals surface area (Å²) in [6.07, 6.45) is 4.22. The van der Waals surface area contributed by atoms with Crippen LogP contribution in [-0.4, -0.2) is 8.42 Å². The average Bonchev–Trinajstić information content (AvgIpc) is 2.54. The highest BCUT2D eigenvalue weighted by molar-refractivity contribution is 7.92. The number of benzene rings is 2. The summed E-state index contributed by atoms with van der Waals surface area (Å²) in [5, 5.41) is 8.88. The number of nitriles is 1. The number of aryl methyl sites for hydroxylation is 2. The van der Waals surface area contributed by atoms with Crippen molar-refractivity contribution in [1.29, 1.82) is 5.26 Å². The molecule has 0 aromatic heterocycles. The number of nitrogens with zero attached hydrogens (tertiary/aromatic N) is 1. The van der Waals surface area contributed by atoms with Crippen LogP contribution in [0, 0.1) is 11.3 Å². The summed E-state index contributed by atoms with van der Waals surface area (Å²) in [5.74, 6) is 0. The van der Waals surface area contributed by atoms with Gasteiger partial charge in [0.05, 0.1) is 22.2 Å². The van der Waals surface area contributed by atoms with Crippen LogP contribution in [0.15, 0.2) is 47.4 Å². The van der Waals surface area contributed by atoms with Crippen molar-refractivity contribution >= 4 is 15.7 Å². The molecule has 0 saturated carbocycles. The summed E-state index contributed by atoms with van der Waals surface area (Å²) in [5.41, 5.74) is 3.19. The summed E-state index contributed by atoms with van der Waals surface area (Å²) in [4.78, 5) is 0.274. The van der Waals surface area contributed by atoms with Gasteiger partial charge in [0, 0.05) is 0 Å². The van der Waals surface area contributed by atoms with Crippen molar-refractivity contribution < 1.29 is 8.42 Å². The van der Waals surface area contributed by atoms with Crippen LogP contribution in [0.5, 0.6) is 0 Å². The van der Waals surface area contributed by atoms with Crippen LogP contribution in [0.4, 0.5) is 5.69 Å². The molecule has 112 valence electrons. The molecule has 4 nitrogen and oxygen atoms in total. The molecular weight excluding hydrogens is 296 g/mol. The number of anilines is 1. The fraction of sp³-hybridized carbons (Fsp3) is 0.235. The molecule has 0 aliphatic heterocycles. The number of rotatable bonds is 3. The highest BCUT2D eigenvalue weighted by Crippen LogP contribution is 2.25. The van der Waals surface area contributed by atoms with Crippen molar-refractivity contribution in [2.45, 2.75) is 30.6 Å². The second kappa shape index (κ2) is 5.82. The van der Waals surface area contributed by atoms with Gasteiger partial charge in [-0.1, -0.05) is 12.1 Å². The number of hydrogen-bond acceptors (Lipinski definition) is 3.